The van der Waals surface area contributed by atoms with E-state index in [0.717, 1.165) is 5.75 Å². The molecule has 1 amide bonds. The molecule has 0 aliphatic carbocycles. The molecule has 118 valence electrons. The van der Waals surface area contributed by atoms with Crippen molar-refractivity contribution < 1.29 is 14.3 Å². The van der Waals surface area contributed by atoms with Crippen molar-refractivity contribution in [3.63, 3.8) is 0 Å². The summed E-state index contributed by atoms with van der Waals surface area (Å²) in [5.41, 5.74) is -0.287. The minimum Gasteiger partial charge on any atom is -0.490 e. The highest BCUT2D eigenvalue weighted by Gasteiger charge is 2.36. The molecule has 1 atom stereocenters. The summed E-state index contributed by atoms with van der Waals surface area (Å²) in [5, 5.41) is 12.2. The molecule has 0 spiro atoms. The average Bonchev–Trinajstić information content (AvgIpc) is 2.98. The molecule has 2 rings (SSSR count). The Bertz CT molecular complexity index is 577. The molecule has 1 heterocycles. The van der Waals surface area contributed by atoms with Gasteiger partial charge in [0.2, 0.25) is 0 Å². The average molecular weight is 320 g/mol. The highest BCUT2D eigenvalue weighted by Crippen LogP contribution is 2.30. The first-order valence-electron chi connectivity index (χ1n) is 7.35. The molecule has 0 aromatic heterocycles. The van der Waals surface area contributed by atoms with Crippen molar-refractivity contribution in [3.05, 3.63) is 23.8 Å². The maximum Gasteiger partial charge on any atom is 0.252 e. The fourth-order valence-electron chi connectivity index (χ4n) is 2.26. The van der Waals surface area contributed by atoms with E-state index in [1.165, 1.54) is 0 Å². The number of benzene rings is 1. The summed E-state index contributed by atoms with van der Waals surface area (Å²) < 4.78 is 11.0. The number of nitrogens with zero attached hydrogens (tertiary/aromatic N) is 1. The minimum absolute atomic E-state index is 0.256. The maximum absolute atomic E-state index is 12.4. The van der Waals surface area contributed by atoms with Gasteiger partial charge >= 0.3 is 0 Å². The van der Waals surface area contributed by atoms with Gasteiger partial charge in [-0.15, -0.1) is 0 Å². The molecule has 1 aromatic carbocycles. The van der Waals surface area contributed by atoms with Crippen LogP contribution in [0.2, 0.25) is 0 Å². The van der Waals surface area contributed by atoms with Crippen molar-refractivity contribution >= 4 is 17.7 Å². The highest BCUT2D eigenvalue weighted by molar-refractivity contribution is 7.99. The van der Waals surface area contributed by atoms with Gasteiger partial charge in [-0.3, -0.25) is 4.79 Å². The first-order chi connectivity index (χ1) is 10.6. The Hall–Kier alpha value is -1.87. The zero-order valence-corrected chi connectivity index (χ0v) is 13.7. The van der Waals surface area contributed by atoms with Crippen molar-refractivity contribution in [2.24, 2.45) is 0 Å². The van der Waals surface area contributed by atoms with Crippen molar-refractivity contribution in [1.29, 1.82) is 5.26 Å². The van der Waals surface area contributed by atoms with Crippen LogP contribution < -0.4 is 14.8 Å². The molecule has 0 bridgehead atoms. The van der Waals surface area contributed by atoms with E-state index < -0.39 is 5.54 Å². The van der Waals surface area contributed by atoms with Gasteiger partial charge in [-0.1, -0.05) is 0 Å². The summed E-state index contributed by atoms with van der Waals surface area (Å²) in [6.45, 7) is 4.79. The highest BCUT2D eigenvalue weighted by atomic mass is 32.2. The lowest BCUT2D eigenvalue weighted by Crippen LogP contribution is -2.47. The number of hydrogen-bond acceptors (Lipinski definition) is 5. The van der Waals surface area contributed by atoms with Crippen molar-refractivity contribution in [2.75, 3.05) is 24.7 Å². The Morgan fingerprint density at radius 3 is 2.68 bits per heavy atom. The van der Waals surface area contributed by atoms with Gasteiger partial charge in [0.25, 0.3) is 5.91 Å². The van der Waals surface area contributed by atoms with Gasteiger partial charge in [0.05, 0.1) is 19.3 Å². The lowest BCUT2D eigenvalue weighted by atomic mass is 10.0. The third-order valence-corrected chi connectivity index (χ3v) is 4.58. The van der Waals surface area contributed by atoms with Crippen LogP contribution in [-0.2, 0) is 0 Å². The molecule has 1 saturated heterocycles. The lowest BCUT2D eigenvalue weighted by Gasteiger charge is -2.21. The first-order valence-corrected chi connectivity index (χ1v) is 8.50. The third-order valence-electron chi connectivity index (χ3n) is 3.39. The monoisotopic (exact) mass is 320 g/mol. The van der Waals surface area contributed by atoms with Crippen LogP contribution >= 0.6 is 11.8 Å². The maximum atomic E-state index is 12.4. The number of hydrogen-bond donors (Lipinski definition) is 1. The lowest BCUT2D eigenvalue weighted by molar-refractivity contribution is 0.0925. The number of nitriles is 1. The molecule has 22 heavy (non-hydrogen) atoms. The number of carbonyl (C=O) groups is 1. The Morgan fingerprint density at radius 1 is 1.36 bits per heavy atom. The molecule has 0 saturated carbocycles. The number of rotatable bonds is 6. The van der Waals surface area contributed by atoms with Gasteiger partial charge in [-0.2, -0.15) is 17.0 Å². The minimum atomic E-state index is -0.758. The van der Waals surface area contributed by atoms with E-state index in [-0.39, 0.29) is 5.91 Å². The summed E-state index contributed by atoms with van der Waals surface area (Å²) in [6, 6.07) is 7.32. The predicted molar refractivity (Wildman–Crippen MR) is 86.5 cm³/mol. The van der Waals surface area contributed by atoms with E-state index >= 15 is 0 Å². The Labute approximate surface area is 135 Å². The van der Waals surface area contributed by atoms with Gasteiger partial charge in [0, 0.05) is 11.3 Å². The van der Waals surface area contributed by atoms with Crippen LogP contribution in [0.25, 0.3) is 0 Å². The Morgan fingerprint density at radius 2 is 2.09 bits per heavy atom. The summed E-state index contributed by atoms with van der Waals surface area (Å²) in [6.07, 6.45) is 0.676. The Kier molecular flexibility index (Phi) is 5.56. The van der Waals surface area contributed by atoms with E-state index in [2.05, 4.69) is 11.4 Å². The van der Waals surface area contributed by atoms with Crippen LogP contribution in [0.1, 0.15) is 30.6 Å². The molecule has 1 aromatic rings. The van der Waals surface area contributed by atoms with E-state index in [1.807, 2.05) is 13.8 Å². The number of nitrogens with one attached hydrogen (secondary N) is 1. The van der Waals surface area contributed by atoms with Gasteiger partial charge in [0.15, 0.2) is 11.5 Å². The van der Waals surface area contributed by atoms with E-state index in [4.69, 9.17) is 9.47 Å². The molecule has 1 unspecified atom stereocenters. The van der Waals surface area contributed by atoms with Crippen LogP contribution in [0, 0.1) is 11.3 Å². The van der Waals surface area contributed by atoms with Crippen LogP contribution in [0.4, 0.5) is 0 Å². The second-order valence-electron chi connectivity index (χ2n) is 4.98. The molecule has 1 fully saturated rings. The summed E-state index contributed by atoms with van der Waals surface area (Å²) in [7, 11) is 0. The standard InChI is InChI=1S/C16H20N2O3S/c1-3-20-13-6-5-12(9-14(13)21-4-2)15(19)18-16(10-17)7-8-22-11-16/h5-6,9H,3-4,7-8,11H2,1-2H3,(H,18,19). The number of amides is 1. The van der Waals surface area contributed by atoms with E-state index in [1.54, 1.807) is 30.0 Å². The molecule has 0 radical (unpaired) electrons. The van der Waals surface area contributed by atoms with Crippen molar-refractivity contribution in [2.45, 2.75) is 25.8 Å². The van der Waals surface area contributed by atoms with Crippen molar-refractivity contribution in [1.82, 2.24) is 5.32 Å². The topological polar surface area (TPSA) is 71.3 Å². The molecule has 6 heteroatoms. The van der Waals surface area contributed by atoms with Crippen LogP contribution in [0.3, 0.4) is 0 Å². The first kappa shape index (κ1) is 16.5. The molecular weight excluding hydrogens is 300 g/mol. The SMILES string of the molecule is CCOc1ccc(C(=O)NC2(C#N)CCSC2)cc1OCC. The predicted octanol–water partition coefficient (Wildman–Crippen LogP) is 2.61. The van der Waals surface area contributed by atoms with E-state index in [0.29, 0.717) is 42.4 Å². The quantitative estimate of drug-likeness (QED) is 0.872. The van der Waals surface area contributed by atoms with Crippen LogP contribution in [0.5, 0.6) is 11.5 Å². The molecular formula is C16H20N2O3S. The van der Waals surface area contributed by atoms with Gasteiger partial charge in [0.1, 0.15) is 5.54 Å². The zero-order chi connectivity index (χ0) is 16.0. The second-order valence-corrected chi connectivity index (χ2v) is 6.08. The molecule has 5 nitrogen and oxygen atoms in total. The molecule has 1 aliphatic rings. The fraction of sp³-hybridized carbons (Fsp3) is 0.500. The van der Waals surface area contributed by atoms with Crippen LogP contribution in [0.15, 0.2) is 18.2 Å². The zero-order valence-electron chi connectivity index (χ0n) is 12.8. The third kappa shape index (κ3) is 3.66. The smallest absolute Gasteiger partial charge is 0.252 e. The number of ether oxygens (including phenoxy) is 2. The van der Waals surface area contributed by atoms with Gasteiger partial charge < -0.3 is 14.8 Å². The summed E-state index contributed by atoms with van der Waals surface area (Å²) in [5.74, 6) is 2.43. The molecule has 1 aliphatic heterocycles. The normalized spacial score (nSPS) is 20.2. The van der Waals surface area contributed by atoms with Gasteiger partial charge in [-0.25, -0.2) is 0 Å². The Balaban J connectivity index is 2.19. The second kappa shape index (κ2) is 7.41. The van der Waals surface area contributed by atoms with Crippen molar-refractivity contribution in [3.8, 4) is 17.6 Å². The van der Waals surface area contributed by atoms with Crippen LogP contribution in [-0.4, -0.2) is 36.2 Å². The van der Waals surface area contributed by atoms with E-state index in [9.17, 15) is 10.1 Å². The summed E-state index contributed by atoms with van der Waals surface area (Å²) in [4.78, 5) is 12.4. The van der Waals surface area contributed by atoms with Gasteiger partial charge in [-0.05, 0) is 44.2 Å². The molecule has 1 N–H and O–H groups in total. The number of thioether (sulfide) groups is 1. The fourth-order valence-corrected chi connectivity index (χ4v) is 3.53. The number of carbonyl (C=O) groups excluding carboxylic acids is 1. The summed E-state index contributed by atoms with van der Waals surface area (Å²) >= 11 is 1.68. The largest absolute Gasteiger partial charge is 0.490 e.